The third-order valence-electron chi connectivity index (χ3n) is 3.78. The third kappa shape index (κ3) is 5.60. The summed E-state index contributed by atoms with van der Waals surface area (Å²) in [6, 6.07) is 13.3. The molecular formula is C19H24N4O2. The van der Waals surface area contributed by atoms with E-state index in [-0.39, 0.29) is 18.2 Å². The minimum absolute atomic E-state index is 0.00904. The van der Waals surface area contributed by atoms with Crippen molar-refractivity contribution in [1.29, 1.82) is 0 Å². The number of benzene rings is 1. The van der Waals surface area contributed by atoms with Gasteiger partial charge in [0.1, 0.15) is 5.82 Å². The molecule has 1 N–H and O–H groups in total. The Morgan fingerprint density at radius 2 is 1.76 bits per heavy atom. The zero-order valence-corrected chi connectivity index (χ0v) is 14.9. The van der Waals surface area contributed by atoms with Crippen molar-refractivity contribution >= 4 is 17.6 Å². The molecule has 132 valence electrons. The van der Waals surface area contributed by atoms with E-state index in [2.05, 4.69) is 10.3 Å². The Kier molecular flexibility index (Phi) is 6.51. The minimum Gasteiger partial charge on any atom is -0.363 e. The van der Waals surface area contributed by atoms with Gasteiger partial charge in [0.05, 0.1) is 5.56 Å². The number of hydrogen-bond acceptors (Lipinski definition) is 4. The van der Waals surface area contributed by atoms with Gasteiger partial charge in [-0.25, -0.2) is 4.98 Å². The number of hydrogen-bond donors (Lipinski definition) is 1. The van der Waals surface area contributed by atoms with Gasteiger partial charge in [0.25, 0.3) is 5.91 Å². The van der Waals surface area contributed by atoms with E-state index in [1.54, 1.807) is 24.1 Å². The van der Waals surface area contributed by atoms with Gasteiger partial charge in [0.15, 0.2) is 0 Å². The van der Waals surface area contributed by atoms with Crippen LogP contribution < -0.4 is 10.2 Å². The zero-order chi connectivity index (χ0) is 18.2. The largest absolute Gasteiger partial charge is 0.363 e. The molecule has 0 radical (unpaired) electrons. The molecule has 0 bridgehead atoms. The van der Waals surface area contributed by atoms with Crippen LogP contribution in [0.5, 0.6) is 0 Å². The number of aromatic nitrogens is 1. The van der Waals surface area contributed by atoms with Crippen molar-refractivity contribution in [2.24, 2.45) is 0 Å². The maximum atomic E-state index is 12.1. The van der Waals surface area contributed by atoms with Crippen LogP contribution in [0.2, 0.25) is 0 Å². The molecule has 0 aliphatic carbocycles. The van der Waals surface area contributed by atoms with E-state index < -0.39 is 0 Å². The highest BCUT2D eigenvalue weighted by Crippen LogP contribution is 2.08. The first kappa shape index (κ1) is 18.4. The van der Waals surface area contributed by atoms with Crippen molar-refractivity contribution in [2.75, 3.05) is 32.6 Å². The van der Waals surface area contributed by atoms with Crippen LogP contribution >= 0.6 is 0 Å². The van der Waals surface area contributed by atoms with Crippen LogP contribution in [0.15, 0.2) is 48.7 Å². The zero-order valence-electron chi connectivity index (χ0n) is 14.9. The summed E-state index contributed by atoms with van der Waals surface area (Å²) in [5.41, 5.74) is 1.56. The minimum atomic E-state index is -0.226. The molecule has 0 aliphatic heterocycles. The molecule has 1 heterocycles. The molecule has 2 aromatic rings. The first-order valence-corrected chi connectivity index (χ1v) is 8.17. The Balaban J connectivity index is 1.77. The molecule has 2 rings (SSSR count). The molecule has 0 atom stereocenters. The number of nitrogens with one attached hydrogen (secondary N) is 1. The second-order valence-corrected chi connectivity index (χ2v) is 6.04. The molecule has 1 aromatic carbocycles. The summed E-state index contributed by atoms with van der Waals surface area (Å²) in [4.78, 5) is 32.0. The van der Waals surface area contributed by atoms with Crippen molar-refractivity contribution in [3.8, 4) is 0 Å². The SMILES string of the molecule is CN(Cc1ccccc1)C(=O)CCNC(=O)c1ccc(N(C)C)nc1. The average Bonchev–Trinajstić information content (AvgIpc) is 2.62. The molecule has 0 saturated heterocycles. The predicted molar refractivity (Wildman–Crippen MR) is 98.4 cm³/mol. The highest BCUT2D eigenvalue weighted by molar-refractivity contribution is 5.94. The second kappa shape index (κ2) is 8.82. The lowest BCUT2D eigenvalue weighted by atomic mass is 10.2. The summed E-state index contributed by atoms with van der Waals surface area (Å²) >= 11 is 0. The van der Waals surface area contributed by atoms with Crippen molar-refractivity contribution < 1.29 is 9.59 Å². The van der Waals surface area contributed by atoms with Gasteiger partial charge in [-0.3, -0.25) is 9.59 Å². The maximum absolute atomic E-state index is 12.1. The smallest absolute Gasteiger partial charge is 0.252 e. The lowest BCUT2D eigenvalue weighted by Gasteiger charge is -2.17. The number of pyridine rings is 1. The number of amides is 2. The Hall–Kier alpha value is -2.89. The second-order valence-electron chi connectivity index (χ2n) is 6.04. The molecule has 0 saturated carbocycles. The van der Waals surface area contributed by atoms with Crippen LogP contribution in [0.3, 0.4) is 0 Å². The fourth-order valence-electron chi connectivity index (χ4n) is 2.31. The van der Waals surface area contributed by atoms with Gasteiger partial charge in [0, 0.05) is 46.9 Å². The lowest BCUT2D eigenvalue weighted by molar-refractivity contribution is -0.130. The van der Waals surface area contributed by atoms with Gasteiger partial charge < -0.3 is 15.1 Å². The van der Waals surface area contributed by atoms with E-state index in [0.717, 1.165) is 11.4 Å². The normalized spacial score (nSPS) is 10.2. The van der Waals surface area contributed by atoms with E-state index in [1.165, 1.54) is 6.20 Å². The maximum Gasteiger partial charge on any atom is 0.252 e. The van der Waals surface area contributed by atoms with Crippen LogP contribution in [0.25, 0.3) is 0 Å². The highest BCUT2D eigenvalue weighted by atomic mass is 16.2. The van der Waals surface area contributed by atoms with E-state index in [1.807, 2.05) is 49.3 Å². The molecule has 6 nitrogen and oxygen atoms in total. The first-order valence-electron chi connectivity index (χ1n) is 8.17. The number of carbonyl (C=O) groups is 2. The Bertz CT molecular complexity index is 699. The summed E-state index contributed by atoms with van der Waals surface area (Å²) in [5, 5.41) is 2.76. The lowest BCUT2D eigenvalue weighted by Crippen LogP contribution is -2.32. The molecule has 0 unspecified atom stereocenters. The van der Waals surface area contributed by atoms with Crippen LogP contribution in [0, 0.1) is 0 Å². The van der Waals surface area contributed by atoms with Crippen LogP contribution in [-0.4, -0.2) is 49.4 Å². The van der Waals surface area contributed by atoms with Gasteiger partial charge >= 0.3 is 0 Å². The monoisotopic (exact) mass is 340 g/mol. The van der Waals surface area contributed by atoms with E-state index in [9.17, 15) is 9.59 Å². The molecule has 2 amide bonds. The van der Waals surface area contributed by atoms with Gasteiger partial charge in [-0.2, -0.15) is 0 Å². The molecule has 0 aliphatic rings. The van der Waals surface area contributed by atoms with Crippen molar-refractivity contribution in [2.45, 2.75) is 13.0 Å². The number of anilines is 1. The summed E-state index contributed by atoms with van der Waals surface area (Å²) in [6.07, 6.45) is 1.80. The van der Waals surface area contributed by atoms with E-state index >= 15 is 0 Å². The number of rotatable bonds is 7. The Labute approximate surface area is 148 Å². The van der Waals surface area contributed by atoms with Crippen molar-refractivity contribution in [3.63, 3.8) is 0 Å². The van der Waals surface area contributed by atoms with Gasteiger partial charge in [-0.1, -0.05) is 30.3 Å². The van der Waals surface area contributed by atoms with Gasteiger partial charge in [-0.05, 0) is 17.7 Å². The number of carbonyl (C=O) groups excluding carboxylic acids is 2. The molecule has 0 spiro atoms. The van der Waals surface area contributed by atoms with E-state index in [4.69, 9.17) is 0 Å². The Morgan fingerprint density at radius 3 is 2.36 bits per heavy atom. The average molecular weight is 340 g/mol. The van der Waals surface area contributed by atoms with Crippen molar-refractivity contribution in [1.82, 2.24) is 15.2 Å². The predicted octanol–water partition coefficient (Wildman–Crippen LogP) is 1.93. The van der Waals surface area contributed by atoms with Crippen LogP contribution in [-0.2, 0) is 11.3 Å². The number of nitrogens with zero attached hydrogens (tertiary/aromatic N) is 3. The Morgan fingerprint density at radius 1 is 1.04 bits per heavy atom. The third-order valence-corrected chi connectivity index (χ3v) is 3.78. The fourth-order valence-corrected chi connectivity index (χ4v) is 2.31. The topological polar surface area (TPSA) is 65.5 Å². The summed E-state index contributed by atoms with van der Waals surface area (Å²) in [7, 11) is 5.54. The van der Waals surface area contributed by atoms with Gasteiger partial charge in [-0.15, -0.1) is 0 Å². The summed E-state index contributed by atoms with van der Waals surface area (Å²) in [5.74, 6) is 0.552. The quantitative estimate of drug-likeness (QED) is 0.836. The van der Waals surface area contributed by atoms with Crippen LogP contribution in [0.4, 0.5) is 5.82 Å². The summed E-state index contributed by atoms with van der Waals surface area (Å²) in [6.45, 7) is 0.857. The molecular weight excluding hydrogens is 316 g/mol. The van der Waals surface area contributed by atoms with E-state index in [0.29, 0.717) is 18.7 Å². The first-order chi connectivity index (χ1) is 12.0. The standard InChI is InChI=1S/C19H24N4O2/c1-22(2)17-10-9-16(13-21-17)19(25)20-12-11-18(24)23(3)14-15-7-5-4-6-8-15/h4-10,13H,11-12,14H2,1-3H3,(H,20,25). The molecule has 1 aromatic heterocycles. The van der Waals surface area contributed by atoms with Crippen LogP contribution in [0.1, 0.15) is 22.3 Å². The highest BCUT2D eigenvalue weighted by Gasteiger charge is 2.11. The molecule has 0 fully saturated rings. The fraction of sp³-hybridized carbons (Fsp3) is 0.316. The summed E-state index contributed by atoms with van der Waals surface area (Å²) < 4.78 is 0. The molecule has 6 heteroatoms. The van der Waals surface area contributed by atoms with Crippen molar-refractivity contribution in [3.05, 3.63) is 59.8 Å². The molecule has 25 heavy (non-hydrogen) atoms. The van der Waals surface area contributed by atoms with Gasteiger partial charge in [0.2, 0.25) is 5.91 Å².